The predicted octanol–water partition coefficient (Wildman–Crippen LogP) is 0.637. The maximum absolute atomic E-state index is 9.20. The van der Waals surface area contributed by atoms with Crippen LogP contribution in [0.25, 0.3) is 0 Å². The number of likely N-dealkylation sites (N-methyl/N-ethyl adjacent to an activating group) is 1. The smallest absolute Gasteiger partial charge is 0.0951 e. The van der Waals surface area contributed by atoms with Gasteiger partial charge in [-0.05, 0) is 26.8 Å². The first-order valence-electron chi connectivity index (χ1n) is 6.21. The van der Waals surface area contributed by atoms with Gasteiger partial charge >= 0.3 is 0 Å². The lowest BCUT2D eigenvalue weighted by Gasteiger charge is -2.42. The van der Waals surface area contributed by atoms with Gasteiger partial charge in [0.2, 0.25) is 0 Å². The van der Waals surface area contributed by atoms with Crippen LogP contribution in [0.2, 0.25) is 0 Å². The van der Waals surface area contributed by atoms with E-state index in [0.717, 1.165) is 39.1 Å². The van der Waals surface area contributed by atoms with Crippen LogP contribution in [0, 0.1) is 0 Å². The second-order valence-electron chi connectivity index (χ2n) is 5.18. The first kappa shape index (κ1) is 12.3. The Labute approximate surface area is 97.5 Å². The maximum atomic E-state index is 9.20. The zero-order valence-corrected chi connectivity index (χ0v) is 10.3. The fourth-order valence-corrected chi connectivity index (χ4v) is 2.70. The molecule has 1 N–H and O–H groups in total. The molecule has 2 heterocycles. The number of hydrogen-bond donors (Lipinski definition) is 1. The molecule has 0 radical (unpaired) electrons. The van der Waals surface area contributed by atoms with Crippen molar-refractivity contribution >= 4 is 0 Å². The number of aliphatic hydroxyl groups excluding tert-OH is 1. The Morgan fingerprint density at radius 2 is 2.31 bits per heavy atom. The number of aliphatic hydroxyl groups is 1. The quantitative estimate of drug-likeness (QED) is 0.771. The van der Waals surface area contributed by atoms with Crippen LogP contribution in [0.15, 0.2) is 0 Å². The highest BCUT2D eigenvalue weighted by Gasteiger charge is 2.42. The lowest BCUT2D eigenvalue weighted by atomic mass is 9.88. The summed E-state index contributed by atoms with van der Waals surface area (Å²) in [5, 5.41) is 9.20. The molecule has 0 bridgehead atoms. The molecule has 2 rings (SSSR count). The third kappa shape index (κ3) is 2.40. The fourth-order valence-electron chi connectivity index (χ4n) is 2.70. The van der Waals surface area contributed by atoms with Gasteiger partial charge in [0.15, 0.2) is 0 Å². The van der Waals surface area contributed by atoms with Gasteiger partial charge in [-0.25, -0.2) is 0 Å². The molecule has 2 aliphatic rings. The summed E-state index contributed by atoms with van der Waals surface area (Å²) in [6.45, 7) is 4.66. The third-order valence-corrected chi connectivity index (χ3v) is 4.07. The van der Waals surface area contributed by atoms with E-state index in [0.29, 0.717) is 6.04 Å². The lowest BCUT2D eigenvalue weighted by Crippen LogP contribution is -2.50. The fraction of sp³-hybridized carbons (Fsp3) is 1.00. The summed E-state index contributed by atoms with van der Waals surface area (Å²) in [6, 6.07) is 0.736. The summed E-state index contributed by atoms with van der Waals surface area (Å²) in [5.74, 6) is 0. The zero-order chi connectivity index (χ0) is 11.6. The van der Waals surface area contributed by atoms with Crippen molar-refractivity contribution in [2.45, 2.75) is 43.9 Å². The highest BCUT2D eigenvalue weighted by Crippen LogP contribution is 2.34. The molecule has 0 aromatic rings. The van der Waals surface area contributed by atoms with E-state index in [1.807, 2.05) is 0 Å². The number of nitrogens with zero attached hydrogens (tertiary/aromatic N) is 1. The van der Waals surface area contributed by atoms with Crippen LogP contribution in [0.5, 0.6) is 0 Å². The van der Waals surface area contributed by atoms with Gasteiger partial charge in [0.05, 0.1) is 18.8 Å². The van der Waals surface area contributed by atoms with Gasteiger partial charge in [-0.1, -0.05) is 0 Å². The molecule has 0 aliphatic carbocycles. The highest BCUT2D eigenvalue weighted by molar-refractivity contribution is 4.93. The molecule has 0 aromatic carbocycles. The van der Waals surface area contributed by atoms with E-state index in [1.165, 1.54) is 0 Å². The summed E-state index contributed by atoms with van der Waals surface area (Å²) >= 11 is 0. The van der Waals surface area contributed by atoms with E-state index in [-0.39, 0.29) is 18.2 Å². The van der Waals surface area contributed by atoms with Crippen molar-refractivity contribution in [2.24, 2.45) is 0 Å². The molecule has 4 heteroatoms. The van der Waals surface area contributed by atoms with Gasteiger partial charge in [0.1, 0.15) is 0 Å². The minimum absolute atomic E-state index is 0.0354. The summed E-state index contributed by atoms with van der Waals surface area (Å²) < 4.78 is 11.4. The maximum Gasteiger partial charge on any atom is 0.0951 e. The molecule has 2 saturated heterocycles. The van der Waals surface area contributed by atoms with Gasteiger partial charge in [-0.15, -0.1) is 0 Å². The summed E-state index contributed by atoms with van der Waals surface area (Å²) in [5.41, 5.74) is -0.0354. The topological polar surface area (TPSA) is 41.9 Å². The van der Waals surface area contributed by atoms with Crippen molar-refractivity contribution in [3.05, 3.63) is 0 Å². The Hall–Kier alpha value is -0.160. The molecule has 3 unspecified atom stereocenters. The van der Waals surface area contributed by atoms with Crippen molar-refractivity contribution in [3.8, 4) is 0 Å². The Balaban J connectivity index is 1.95. The average Bonchev–Trinajstić information content (AvgIpc) is 2.75. The molecular weight excluding hydrogens is 206 g/mol. The predicted molar refractivity (Wildman–Crippen MR) is 61.5 cm³/mol. The van der Waals surface area contributed by atoms with Gasteiger partial charge in [0, 0.05) is 31.7 Å². The highest BCUT2D eigenvalue weighted by atomic mass is 16.6. The van der Waals surface area contributed by atoms with Gasteiger partial charge in [-0.2, -0.15) is 0 Å². The van der Waals surface area contributed by atoms with Crippen LogP contribution >= 0.6 is 0 Å². The largest absolute Gasteiger partial charge is 0.395 e. The second-order valence-corrected chi connectivity index (χ2v) is 5.18. The van der Waals surface area contributed by atoms with E-state index in [9.17, 15) is 5.11 Å². The van der Waals surface area contributed by atoms with Crippen LogP contribution in [0.3, 0.4) is 0 Å². The van der Waals surface area contributed by atoms with Gasteiger partial charge < -0.3 is 14.6 Å². The summed E-state index contributed by atoms with van der Waals surface area (Å²) in [7, 11) is 2.10. The van der Waals surface area contributed by atoms with Crippen molar-refractivity contribution in [1.82, 2.24) is 4.90 Å². The normalized spacial score (nSPS) is 37.1. The third-order valence-electron chi connectivity index (χ3n) is 4.07. The van der Waals surface area contributed by atoms with E-state index in [4.69, 9.17) is 9.47 Å². The van der Waals surface area contributed by atoms with E-state index >= 15 is 0 Å². The molecule has 94 valence electrons. The minimum Gasteiger partial charge on any atom is -0.395 e. The number of hydrogen-bond acceptors (Lipinski definition) is 4. The van der Waals surface area contributed by atoms with E-state index in [2.05, 4.69) is 18.9 Å². The minimum atomic E-state index is -0.0354. The van der Waals surface area contributed by atoms with Crippen LogP contribution < -0.4 is 0 Å². The monoisotopic (exact) mass is 229 g/mol. The molecular formula is C12H23NO3. The standard InChI is InChI=1S/C12H23NO3/c1-10(8-14)13(2)11-3-5-16-12(7-11)4-6-15-9-12/h10-11,14H,3-9H2,1-2H3. The lowest BCUT2D eigenvalue weighted by molar-refractivity contribution is -0.108. The molecule has 0 amide bonds. The summed E-state index contributed by atoms with van der Waals surface area (Å²) in [4.78, 5) is 2.28. The van der Waals surface area contributed by atoms with Crippen molar-refractivity contribution in [2.75, 3.05) is 33.5 Å². The van der Waals surface area contributed by atoms with Crippen molar-refractivity contribution in [3.63, 3.8) is 0 Å². The second kappa shape index (κ2) is 5.00. The van der Waals surface area contributed by atoms with E-state index < -0.39 is 0 Å². The molecule has 0 saturated carbocycles. The van der Waals surface area contributed by atoms with Crippen LogP contribution in [-0.2, 0) is 9.47 Å². The van der Waals surface area contributed by atoms with E-state index in [1.54, 1.807) is 0 Å². The molecule has 16 heavy (non-hydrogen) atoms. The Kier molecular flexibility index (Phi) is 3.85. The molecule has 2 fully saturated rings. The Morgan fingerprint density at radius 1 is 1.50 bits per heavy atom. The molecule has 3 atom stereocenters. The van der Waals surface area contributed by atoms with Crippen LogP contribution in [0.1, 0.15) is 26.2 Å². The number of rotatable bonds is 3. The molecule has 1 spiro atoms. The Morgan fingerprint density at radius 3 is 2.94 bits per heavy atom. The van der Waals surface area contributed by atoms with Crippen molar-refractivity contribution in [1.29, 1.82) is 0 Å². The SMILES string of the molecule is CC(CO)N(C)C1CCOC2(CCOC2)C1. The Bertz CT molecular complexity index is 228. The molecule has 4 nitrogen and oxygen atoms in total. The molecule has 0 aromatic heterocycles. The van der Waals surface area contributed by atoms with Gasteiger partial charge in [0.25, 0.3) is 0 Å². The van der Waals surface area contributed by atoms with Crippen LogP contribution in [-0.4, -0.2) is 61.2 Å². The van der Waals surface area contributed by atoms with Gasteiger partial charge in [-0.3, -0.25) is 4.90 Å². The number of ether oxygens (including phenoxy) is 2. The zero-order valence-electron chi connectivity index (χ0n) is 10.3. The molecule has 2 aliphatic heterocycles. The van der Waals surface area contributed by atoms with Crippen LogP contribution in [0.4, 0.5) is 0 Å². The summed E-state index contributed by atoms with van der Waals surface area (Å²) in [6.07, 6.45) is 3.11. The average molecular weight is 229 g/mol. The first-order valence-corrected chi connectivity index (χ1v) is 6.21. The van der Waals surface area contributed by atoms with Crippen molar-refractivity contribution < 1.29 is 14.6 Å². The first-order chi connectivity index (χ1) is 7.67.